The Morgan fingerprint density at radius 3 is 2.82 bits per heavy atom. The van der Waals surface area contributed by atoms with E-state index in [0.717, 1.165) is 34.5 Å². The van der Waals surface area contributed by atoms with Gasteiger partial charge in [-0.1, -0.05) is 22.9 Å². The molecule has 0 aliphatic heterocycles. The second-order valence-corrected chi connectivity index (χ2v) is 4.87. The summed E-state index contributed by atoms with van der Waals surface area (Å²) in [6.07, 6.45) is 1.93. The SMILES string of the molecule is CCCc1nc(-c2ccc(Br)cc2N)n(C)n1. The van der Waals surface area contributed by atoms with Gasteiger partial charge in [0.2, 0.25) is 0 Å². The van der Waals surface area contributed by atoms with Crippen molar-refractivity contribution in [2.45, 2.75) is 19.8 Å². The summed E-state index contributed by atoms with van der Waals surface area (Å²) in [5.74, 6) is 1.69. The van der Waals surface area contributed by atoms with E-state index >= 15 is 0 Å². The Bertz CT molecular complexity index is 533. The Labute approximate surface area is 109 Å². The van der Waals surface area contributed by atoms with Crippen LogP contribution >= 0.6 is 15.9 Å². The average Bonchev–Trinajstić information content (AvgIpc) is 2.60. The standard InChI is InChI=1S/C12H15BrN4/c1-3-4-11-15-12(17(2)16-11)9-6-5-8(13)7-10(9)14/h5-7H,3-4,14H2,1-2H3. The summed E-state index contributed by atoms with van der Waals surface area (Å²) in [6, 6.07) is 5.79. The largest absolute Gasteiger partial charge is 0.398 e. The van der Waals surface area contributed by atoms with Crippen molar-refractivity contribution in [1.82, 2.24) is 14.8 Å². The number of hydrogen-bond donors (Lipinski definition) is 1. The molecule has 5 heteroatoms. The van der Waals surface area contributed by atoms with Gasteiger partial charge in [-0.3, -0.25) is 0 Å². The van der Waals surface area contributed by atoms with Crippen LogP contribution in [0.5, 0.6) is 0 Å². The van der Waals surface area contributed by atoms with E-state index in [9.17, 15) is 0 Å². The van der Waals surface area contributed by atoms with Gasteiger partial charge in [0, 0.05) is 29.2 Å². The van der Waals surface area contributed by atoms with Crippen LogP contribution in [0.1, 0.15) is 19.2 Å². The van der Waals surface area contributed by atoms with Gasteiger partial charge in [0.15, 0.2) is 11.6 Å². The van der Waals surface area contributed by atoms with Crippen molar-refractivity contribution in [2.24, 2.45) is 7.05 Å². The molecule has 90 valence electrons. The molecule has 0 atom stereocenters. The monoisotopic (exact) mass is 294 g/mol. The fourth-order valence-corrected chi connectivity index (χ4v) is 2.12. The number of hydrogen-bond acceptors (Lipinski definition) is 3. The molecule has 0 spiro atoms. The highest BCUT2D eigenvalue weighted by molar-refractivity contribution is 9.10. The topological polar surface area (TPSA) is 56.7 Å². The highest BCUT2D eigenvalue weighted by atomic mass is 79.9. The molecule has 0 bridgehead atoms. The lowest BCUT2D eigenvalue weighted by molar-refractivity contribution is 0.738. The predicted molar refractivity (Wildman–Crippen MR) is 72.5 cm³/mol. The van der Waals surface area contributed by atoms with Gasteiger partial charge in [0.1, 0.15) is 0 Å². The van der Waals surface area contributed by atoms with Crippen LogP contribution in [0, 0.1) is 0 Å². The number of anilines is 1. The minimum Gasteiger partial charge on any atom is -0.398 e. The summed E-state index contributed by atoms with van der Waals surface area (Å²) < 4.78 is 2.75. The first-order valence-corrected chi connectivity index (χ1v) is 6.36. The van der Waals surface area contributed by atoms with E-state index in [2.05, 4.69) is 32.9 Å². The fourth-order valence-electron chi connectivity index (χ4n) is 1.74. The highest BCUT2D eigenvalue weighted by Crippen LogP contribution is 2.27. The van der Waals surface area contributed by atoms with Crippen LogP contribution in [0.15, 0.2) is 22.7 Å². The van der Waals surface area contributed by atoms with Crippen molar-refractivity contribution >= 4 is 21.6 Å². The Morgan fingerprint density at radius 2 is 2.18 bits per heavy atom. The second kappa shape index (κ2) is 4.87. The van der Waals surface area contributed by atoms with Crippen molar-refractivity contribution < 1.29 is 0 Å². The lowest BCUT2D eigenvalue weighted by Gasteiger charge is -2.04. The molecular weight excluding hydrogens is 280 g/mol. The molecule has 0 aliphatic carbocycles. The van der Waals surface area contributed by atoms with Gasteiger partial charge in [-0.2, -0.15) is 5.10 Å². The molecular formula is C12H15BrN4. The van der Waals surface area contributed by atoms with Crippen LogP contribution in [0.4, 0.5) is 5.69 Å². The van der Waals surface area contributed by atoms with Crippen molar-refractivity contribution in [3.63, 3.8) is 0 Å². The van der Waals surface area contributed by atoms with E-state index < -0.39 is 0 Å². The number of aromatic nitrogens is 3. The Morgan fingerprint density at radius 1 is 1.41 bits per heavy atom. The second-order valence-electron chi connectivity index (χ2n) is 3.96. The zero-order valence-electron chi connectivity index (χ0n) is 9.94. The van der Waals surface area contributed by atoms with Crippen LogP contribution in [0.2, 0.25) is 0 Å². The molecule has 1 aromatic heterocycles. The zero-order chi connectivity index (χ0) is 12.4. The molecule has 0 saturated carbocycles. The van der Waals surface area contributed by atoms with Crippen molar-refractivity contribution in [3.8, 4) is 11.4 Å². The maximum absolute atomic E-state index is 5.99. The van der Waals surface area contributed by atoms with Gasteiger partial charge < -0.3 is 5.73 Å². The molecule has 2 rings (SSSR count). The third-order valence-electron chi connectivity index (χ3n) is 2.54. The normalized spacial score (nSPS) is 10.8. The van der Waals surface area contributed by atoms with Crippen LogP contribution < -0.4 is 5.73 Å². The maximum atomic E-state index is 5.99. The Balaban J connectivity index is 2.45. The first-order chi connectivity index (χ1) is 8.11. The number of halogens is 1. The van der Waals surface area contributed by atoms with Crippen LogP contribution in [-0.2, 0) is 13.5 Å². The molecule has 0 aliphatic rings. The third-order valence-corrected chi connectivity index (χ3v) is 3.03. The Kier molecular flexibility index (Phi) is 3.47. The smallest absolute Gasteiger partial charge is 0.160 e. The van der Waals surface area contributed by atoms with Gasteiger partial charge >= 0.3 is 0 Å². The van der Waals surface area contributed by atoms with E-state index in [1.807, 2.05) is 25.2 Å². The molecule has 0 radical (unpaired) electrons. The number of rotatable bonds is 3. The van der Waals surface area contributed by atoms with Crippen LogP contribution in [-0.4, -0.2) is 14.8 Å². The molecule has 0 unspecified atom stereocenters. The molecule has 2 N–H and O–H groups in total. The minimum atomic E-state index is 0.706. The molecule has 2 aromatic rings. The fraction of sp³-hybridized carbons (Fsp3) is 0.333. The highest BCUT2D eigenvalue weighted by Gasteiger charge is 2.11. The van der Waals surface area contributed by atoms with E-state index in [1.165, 1.54) is 0 Å². The summed E-state index contributed by atoms with van der Waals surface area (Å²) in [7, 11) is 1.89. The minimum absolute atomic E-state index is 0.706. The summed E-state index contributed by atoms with van der Waals surface area (Å²) in [5.41, 5.74) is 7.62. The summed E-state index contributed by atoms with van der Waals surface area (Å²) in [5, 5.41) is 4.38. The quantitative estimate of drug-likeness (QED) is 0.886. The maximum Gasteiger partial charge on any atom is 0.160 e. The molecule has 4 nitrogen and oxygen atoms in total. The van der Waals surface area contributed by atoms with Gasteiger partial charge in [-0.15, -0.1) is 0 Å². The first-order valence-electron chi connectivity index (χ1n) is 5.57. The molecule has 1 aromatic carbocycles. The van der Waals surface area contributed by atoms with E-state index in [1.54, 1.807) is 4.68 Å². The van der Waals surface area contributed by atoms with Gasteiger partial charge in [-0.05, 0) is 24.6 Å². The number of nitrogens with two attached hydrogens (primary N) is 1. The Hall–Kier alpha value is -1.36. The van der Waals surface area contributed by atoms with Gasteiger partial charge in [0.05, 0.1) is 0 Å². The van der Waals surface area contributed by atoms with E-state index in [-0.39, 0.29) is 0 Å². The van der Waals surface area contributed by atoms with E-state index in [0.29, 0.717) is 5.69 Å². The van der Waals surface area contributed by atoms with Crippen LogP contribution in [0.25, 0.3) is 11.4 Å². The molecule has 0 amide bonds. The number of benzene rings is 1. The summed E-state index contributed by atoms with van der Waals surface area (Å²) in [4.78, 5) is 4.52. The molecule has 1 heterocycles. The first kappa shape index (κ1) is 12.1. The number of aryl methyl sites for hydroxylation is 2. The zero-order valence-corrected chi connectivity index (χ0v) is 11.5. The van der Waals surface area contributed by atoms with E-state index in [4.69, 9.17) is 5.73 Å². The summed E-state index contributed by atoms with van der Waals surface area (Å²) in [6.45, 7) is 2.12. The van der Waals surface area contributed by atoms with Gasteiger partial charge in [-0.25, -0.2) is 9.67 Å². The van der Waals surface area contributed by atoms with Crippen molar-refractivity contribution in [3.05, 3.63) is 28.5 Å². The van der Waals surface area contributed by atoms with Crippen molar-refractivity contribution in [2.75, 3.05) is 5.73 Å². The lowest BCUT2D eigenvalue weighted by atomic mass is 10.1. The van der Waals surface area contributed by atoms with Crippen LogP contribution in [0.3, 0.4) is 0 Å². The average molecular weight is 295 g/mol. The lowest BCUT2D eigenvalue weighted by Crippen LogP contribution is -1.98. The molecule has 0 saturated heterocycles. The molecule has 0 fully saturated rings. The third kappa shape index (κ3) is 2.49. The number of nitrogens with zero attached hydrogens (tertiary/aromatic N) is 3. The molecule has 17 heavy (non-hydrogen) atoms. The van der Waals surface area contributed by atoms with Gasteiger partial charge in [0.25, 0.3) is 0 Å². The summed E-state index contributed by atoms with van der Waals surface area (Å²) >= 11 is 3.39. The number of nitrogen functional groups attached to an aromatic ring is 1. The predicted octanol–water partition coefficient (Wildman–Crippen LogP) is 2.78. The van der Waals surface area contributed by atoms with Crippen molar-refractivity contribution in [1.29, 1.82) is 0 Å².